The van der Waals surface area contributed by atoms with Crippen LogP contribution in [0.3, 0.4) is 0 Å². The molecule has 106 valence electrons. The minimum Gasteiger partial charge on any atom is -0.297 e. The summed E-state index contributed by atoms with van der Waals surface area (Å²) in [6.07, 6.45) is 0. The molecule has 1 N–H and O–H groups in total. The second-order valence-electron chi connectivity index (χ2n) is 4.88. The van der Waals surface area contributed by atoms with Gasteiger partial charge in [-0.25, -0.2) is 13.8 Å². The lowest BCUT2D eigenvalue weighted by Crippen LogP contribution is -2.37. The van der Waals surface area contributed by atoms with Crippen LogP contribution in [-0.4, -0.2) is 9.55 Å². The van der Waals surface area contributed by atoms with Crippen molar-refractivity contribution in [3.8, 4) is 5.69 Å². The molecule has 0 saturated carbocycles. The first kappa shape index (κ1) is 14.5. The predicted octanol–water partition coefficient (Wildman–Crippen LogP) is 2.75. The number of benzene rings is 1. The first-order valence-electron chi connectivity index (χ1n) is 6.14. The maximum Gasteiger partial charge on any atom is 0.334 e. The van der Waals surface area contributed by atoms with Crippen molar-refractivity contribution in [1.82, 2.24) is 9.55 Å². The Hall–Kier alpha value is -1.88. The zero-order valence-corrected chi connectivity index (χ0v) is 12.1. The van der Waals surface area contributed by atoms with Gasteiger partial charge in [-0.3, -0.25) is 9.78 Å². The molecule has 0 aliphatic rings. The Bertz CT molecular complexity index is 778. The van der Waals surface area contributed by atoms with Gasteiger partial charge in [0.05, 0.1) is 11.3 Å². The summed E-state index contributed by atoms with van der Waals surface area (Å²) < 4.78 is 14.1. The molecule has 2 rings (SSSR count). The van der Waals surface area contributed by atoms with Gasteiger partial charge in [0.25, 0.3) is 5.56 Å². The minimum atomic E-state index is -0.640. The Labute approximate surface area is 119 Å². The zero-order chi connectivity index (χ0) is 15.0. The van der Waals surface area contributed by atoms with Gasteiger partial charge in [0.15, 0.2) is 0 Å². The third-order valence-electron chi connectivity index (χ3n) is 3.07. The van der Waals surface area contributed by atoms with E-state index in [1.54, 1.807) is 6.92 Å². The van der Waals surface area contributed by atoms with E-state index in [-0.39, 0.29) is 11.1 Å². The van der Waals surface area contributed by atoms with E-state index in [1.807, 2.05) is 13.8 Å². The van der Waals surface area contributed by atoms with Crippen LogP contribution in [-0.2, 0) is 0 Å². The molecule has 0 atom stereocenters. The van der Waals surface area contributed by atoms with E-state index in [0.29, 0.717) is 16.8 Å². The summed E-state index contributed by atoms with van der Waals surface area (Å²) in [6, 6.07) is 3.88. The number of aromatic amines is 1. The van der Waals surface area contributed by atoms with Crippen LogP contribution in [0.1, 0.15) is 30.9 Å². The average molecular weight is 297 g/mol. The van der Waals surface area contributed by atoms with Gasteiger partial charge in [-0.15, -0.1) is 0 Å². The average Bonchev–Trinajstić information content (AvgIpc) is 2.30. The molecule has 0 bridgehead atoms. The van der Waals surface area contributed by atoms with Gasteiger partial charge >= 0.3 is 5.69 Å². The summed E-state index contributed by atoms with van der Waals surface area (Å²) in [4.78, 5) is 26.9. The molecular formula is C14H14ClFN2O2. The predicted molar refractivity (Wildman–Crippen MR) is 76.5 cm³/mol. The lowest BCUT2D eigenvalue weighted by atomic mass is 10.1. The molecule has 0 unspecified atom stereocenters. The highest BCUT2D eigenvalue weighted by Crippen LogP contribution is 2.18. The summed E-state index contributed by atoms with van der Waals surface area (Å²) >= 11 is 5.93. The van der Waals surface area contributed by atoms with Gasteiger partial charge in [0.1, 0.15) is 11.0 Å². The van der Waals surface area contributed by atoms with Crippen molar-refractivity contribution in [2.24, 2.45) is 0 Å². The summed E-state index contributed by atoms with van der Waals surface area (Å²) in [5, 5.41) is 0.0472. The van der Waals surface area contributed by atoms with Crippen LogP contribution in [0.15, 0.2) is 27.8 Å². The van der Waals surface area contributed by atoms with Gasteiger partial charge in [-0.1, -0.05) is 25.4 Å². The zero-order valence-electron chi connectivity index (χ0n) is 11.3. The fourth-order valence-corrected chi connectivity index (χ4v) is 2.49. The molecule has 20 heavy (non-hydrogen) atoms. The maximum atomic E-state index is 13.1. The Morgan fingerprint density at radius 3 is 2.50 bits per heavy atom. The number of nitrogens with zero attached hydrogens (tertiary/aromatic N) is 1. The van der Waals surface area contributed by atoms with Crippen molar-refractivity contribution in [2.45, 2.75) is 26.7 Å². The van der Waals surface area contributed by atoms with Crippen LogP contribution >= 0.6 is 11.6 Å². The number of aryl methyl sites for hydroxylation is 1. The molecule has 0 saturated heterocycles. The fraction of sp³-hybridized carbons (Fsp3) is 0.286. The van der Waals surface area contributed by atoms with Gasteiger partial charge in [-0.2, -0.15) is 0 Å². The van der Waals surface area contributed by atoms with Crippen molar-refractivity contribution in [2.75, 3.05) is 0 Å². The summed E-state index contributed by atoms with van der Waals surface area (Å²) in [5.74, 6) is -0.562. The van der Waals surface area contributed by atoms with Gasteiger partial charge < -0.3 is 0 Å². The lowest BCUT2D eigenvalue weighted by Gasteiger charge is -2.12. The van der Waals surface area contributed by atoms with Crippen molar-refractivity contribution < 1.29 is 4.39 Å². The Balaban J connectivity index is 2.85. The number of nitrogens with one attached hydrogen (secondary N) is 1. The summed E-state index contributed by atoms with van der Waals surface area (Å²) in [5.41, 5.74) is 0.0448. The molecule has 6 heteroatoms. The minimum absolute atomic E-state index is 0.0472. The number of halogens is 2. The largest absolute Gasteiger partial charge is 0.334 e. The summed E-state index contributed by atoms with van der Waals surface area (Å²) in [6.45, 7) is 5.25. The van der Waals surface area contributed by atoms with Crippen LogP contribution in [0.5, 0.6) is 0 Å². The van der Waals surface area contributed by atoms with Crippen LogP contribution < -0.4 is 11.2 Å². The van der Waals surface area contributed by atoms with E-state index in [0.717, 1.165) is 4.57 Å². The number of hydrogen-bond acceptors (Lipinski definition) is 2. The highest BCUT2D eigenvalue weighted by molar-refractivity contribution is 6.30. The fourth-order valence-electron chi connectivity index (χ4n) is 2.11. The first-order chi connectivity index (χ1) is 9.32. The van der Waals surface area contributed by atoms with Crippen LogP contribution in [0.4, 0.5) is 4.39 Å². The third kappa shape index (κ3) is 2.41. The maximum absolute atomic E-state index is 13.1. The van der Waals surface area contributed by atoms with E-state index < -0.39 is 17.1 Å². The monoisotopic (exact) mass is 296 g/mol. The third-order valence-corrected chi connectivity index (χ3v) is 3.36. The topological polar surface area (TPSA) is 54.9 Å². The molecule has 1 aromatic heterocycles. The second-order valence-corrected chi connectivity index (χ2v) is 5.26. The molecule has 0 aliphatic heterocycles. The standard InChI is InChI=1S/C14H14ClFN2O2/c1-7(2)11-12(15)17-14(20)18(13(11)19)10-5-4-9(16)6-8(10)3/h4-7H,1-3H3,(H,17,20). The molecule has 0 aliphatic carbocycles. The van der Waals surface area contributed by atoms with Crippen molar-refractivity contribution in [3.05, 3.63) is 61.1 Å². The molecule has 0 spiro atoms. The van der Waals surface area contributed by atoms with Crippen LogP contribution in [0.2, 0.25) is 5.15 Å². The number of rotatable bonds is 2. The molecule has 0 amide bonds. The molecular weight excluding hydrogens is 283 g/mol. The number of hydrogen-bond donors (Lipinski definition) is 1. The molecule has 4 nitrogen and oxygen atoms in total. The quantitative estimate of drug-likeness (QED) is 0.866. The van der Waals surface area contributed by atoms with Crippen LogP contribution in [0.25, 0.3) is 5.69 Å². The molecule has 0 fully saturated rings. The highest BCUT2D eigenvalue weighted by Gasteiger charge is 2.17. The number of aromatic nitrogens is 2. The van der Waals surface area contributed by atoms with Gasteiger partial charge in [0.2, 0.25) is 0 Å². The second kappa shape index (κ2) is 5.25. The number of H-pyrrole nitrogens is 1. The van der Waals surface area contributed by atoms with E-state index in [9.17, 15) is 14.0 Å². The molecule has 1 aromatic carbocycles. The lowest BCUT2D eigenvalue weighted by molar-refractivity contribution is 0.625. The Morgan fingerprint density at radius 1 is 1.30 bits per heavy atom. The molecule has 1 heterocycles. The van der Waals surface area contributed by atoms with E-state index >= 15 is 0 Å². The van der Waals surface area contributed by atoms with Crippen molar-refractivity contribution >= 4 is 11.6 Å². The SMILES string of the molecule is Cc1cc(F)ccc1-n1c(=O)[nH]c(Cl)c(C(C)C)c1=O. The van der Waals surface area contributed by atoms with E-state index in [1.165, 1.54) is 18.2 Å². The molecule has 0 radical (unpaired) electrons. The highest BCUT2D eigenvalue weighted by atomic mass is 35.5. The summed E-state index contributed by atoms with van der Waals surface area (Å²) in [7, 11) is 0. The Kier molecular flexibility index (Phi) is 3.81. The van der Waals surface area contributed by atoms with Crippen molar-refractivity contribution in [1.29, 1.82) is 0 Å². The van der Waals surface area contributed by atoms with Crippen molar-refractivity contribution in [3.63, 3.8) is 0 Å². The smallest absolute Gasteiger partial charge is 0.297 e. The first-order valence-corrected chi connectivity index (χ1v) is 6.52. The van der Waals surface area contributed by atoms with Gasteiger partial charge in [0, 0.05) is 0 Å². The Morgan fingerprint density at radius 2 is 1.95 bits per heavy atom. The van der Waals surface area contributed by atoms with Gasteiger partial charge in [-0.05, 0) is 36.6 Å². The normalized spacial score (nSPS) is 11.1. The van der Waals surface area contributed by atoms with E-state index in [4.69, 9.17) is 11.6 Å². The van der Waals surface area contributed by atoms with Crippen LogP contribution in [0, 0.1) is 12.7 Å². The van der Waals surface area contributed by atoms with E-state index in [2.05, 4.69) is 4.98 Å². The molecule has 2 aromatic rings.